The minimum absolute atomic E-state index is 0.938. The number of rotatable bonds is 6. The molecule has 1 heterocycles. The van der Waals surface area contributed by atoms with Crippen LogP contribution in [0.3, 0.4) is 0 Å². The number of hydrogen-bond donors (Lipinski definition) is 1. The van der Waals surface area contributed by atoms with E-state index in [-0.39, 0.29) is 0 Å². The Morgan fingerprint density at radius 2 is 1.80 bits per heavy atom. The lowest BCUT2D eigenvalue weighted by Crippen LogP contribution is -2.34. The predicted octanol–water partition coefficient (Wildman–Crippen LogP) is 3.52. The summed E-state index contributed by atoms with van der Waals surface area (Å²) in [7, 11) is 0. The van der Waals surface area contributed by atoms with Gasteiger partial charge in [-0.25, -0.2) is 0 Å². The highest BCUT2D eigenvalue weighted by atomic mass is 15.1. The van der Waals surface area contributed by atoms with E-state index < -0.39 is 0 Å². The molecule has 0 aliphatic carbocycles. The molecule has 1 aromatic carbocycles. The van der Waals surface area contributed by atoms with Crippen LogP contribution in [0, 0.1) is 19.8 Å². The molecule has 0 amide bonds. The number of nitrogens with one attached hydrogen (secondary N) is 1. The first-order chi connectivity index (χ1) is 9.66. The van der Waals surface area contributed by atoms with Gasteiger partial charge < -0.3 is 10.2 Å². The first-order valence-electron chi connectivity index (χ1n) is 8.15. The van der Waals surface area contributed by atoms with Gasteiger partial charge in [0.05, 0.1) is 0 Å². The predicted molar refractivity (Wildman–Crippen MR) is 87.1 cm³/mol. The van der Waals surface area contributed by atoms with Crippen molar-refractivity contribution in [3.63, 3.8) is 0 Å². The van der Waals surface area contributed by atoms with Gasteiger partial charge in [-0.15, -0.1) is 0 Å². The molecule has 1 fully saturated rings. The molecule has 1 aromatic rings. The fourth-order valence-corrected chi connectivity index (χ4v) is 3.05. The van der Waals surface area contributed by atoms with Crippen LogP contribution in [0.15, 0.2) is 18.2 Å². The Morgan fingerprint density at radius 3 is 2.45 bits per heavy atom. The lowest BCUT2D eigenvalue weighted by Gasteiger charge is -2.30. The van der Waals surface area contributed by atoms with Gasteiger partial charge in [0.25, 0.3) is 0 Å². The first-order valence-corrected chi connectivity index (χ1v) is 8.15. The molecule has 2 rings (SSSR count). The third-order valence-electron chi connectivity index (χ3n) is 4.65. The number of nitrogens with zero attached hydrogens (tertiary/aromatic N) is 1. The average molecular weight is 274 g/mol. The van der Waals surface area contributed by atoms with Gasteiger partial charge in [-0.05, 0) is 81.9 Å². The fraction of sp³-hybridized carbons (Fsp3) is 0.667. The summed E-state index contributed by atoms with van der Waals surface area (Å²) in [6.07, 6.45) is 4.03. The van der Waals surface area contributed by atoms with E-state index >= 15 is 0 Å². The highest BCUT2D eigenvalue weighted by molar-refractivity contribution is 5.33. The molecular weight excluding hydrogens is 244 g/mol. The van der Waals surface area contributed by atoms with Crippen LogP contribution >= 0.6 is 0 Å². The Kier molecular flexibility index (Phi) is 6.06. The van der Waals surface area contributed by atoms with Gasteiger partial charge >= 0.3 is 0 Å². The maximum absolute atomic E-state index is 3.61. The van der Waals surface area contributed by atoms with E-state index in [0.717, 1.165) is 19.0 Å². The highest BCUT2D eigenvalue weighted by Gasteiger charge is 2.14. The van der Waals surface area contributed by atoms with E-state index in [1.54, 1.807) is 0 Å². The molecule has 0 unspecified atom stereocenters. The Morgan fingerprint density at radius 1 is 1.15 bits per heavy atom. The van der Waals surface area contributed by atoms with E-state index in [0.29, 0.717) is 0 Å². The van der Waals surface area contributed by atoms with Crippen molar-refractivity contribution in [1.29, 1.82) is 0 Å². The molecule has 0 atom stereocenters. The molecule has 112 valence electrons. The number of hydrogen-bond acceptors (Lipinski definition) is 2. The topological polar surface area (TPSA) is 15.3 Å². The third kappa shape index (κ3) is 4.60. The maximum Gasteiger partial charge on any atom is 0.0210 e. The Balaban J connectivity index is 1.62. The number of benzene rings is 1. The van der Waals surface area contributed by atoms with Crippen molar-refractivity contribution >= 4 is 0 Å². The SMILES string of the molecule is Cc1cccc(C)c1CNCCCN1CCC(C)CC1. The third-order valence-corrected chi connectivity index (χ3v) is 4.65. The van der Waals surface area contributed by atoms with Gasteiger partial charge in [0.1, 0.15) is 0 Å². The summed E-state index contributed by atoms with van der Waals surface area (Å²) in [5, 5.41) is 3.61. The maximum atomic E-state index is 3.61. The lowest BCUT2D eigenvalue weighted by molar-refractivity contribution is 0.190. The normalized spacial score (nSPS) is 17.6. The van der Waals surface area contributed by atoms with Gasteiger partial charge in [0.2, 0.25) is 0 Å². The molecule has 0 spiro atoms. The van der Waals surface area contributed by atoms with Crippen molar-refractivity contribution in [2.75, 3.05) is 26.2 Å². The zero-order chi connectivity index (χ0) is 14.4. The van der Waals surface area contributed by atoms with Crippen molar-refractivity contribution in [3.05, 3.63) is 34.9 Å². The van der Waals surface area contributed by atoms with Crippen LogP contribution in [0.2, 0.25) is 0 Å². The van der Waals surface area contributed by atoms with Crippen LogP contribution in [0.4, 0.5) is 0 Å². The first kappa shape index (κ1) is 15.5. The fourth-order valence-electron chi connectivity index (χ4n) is 3.05. The summed E-state index contributed by atoms with van der Waals surface area (Å²) in [6, 6.07) is 6.56. The summed E-state index contributed by atoms with van der Waals surface area (Å²) in [5.41, 5.74) is 4.28. The minimum Gasteiger partial charge on any atom is -0.313 e. The van der Waals surface area contributed by atoms with E-state index in [1.165, 1.54) is 55.6 Å². The second-order valence-corrected chi connectivity index (χ2v) is 6.42. The molecule has 0 saturated carbocycles. The van der Waals surface area contributed by atoms with Crippen LogP contribution in [0.25, 0.3) is 0 Å². The number of aryl methyl sites for hydroxylation is 2. The Labute approximate surface area is 124 Å². The van der Waals surface area contributed by atoms with Crippen LogP contribution in [-0.4, -0.2) is 31.1 Å². The molecule has 0 bridgehead atoms. The molecule has 1 saturated heterocycles. The van der Waals surface area contributed by atoms with Crippen LogP contribution in [0.1, 0.15) is 42.9 Å². The van der Waals surface area contributed by atoms with Gasteiger partial charge in [0.15, 0.2) is 0 Å². The molecule has 1 aliphatic rings. The second kappa shape index (κ2) is 7.80. The van der Waals surface area contributed by atoms with E-state index in [9.17, 15) is 0 Å². The van der Waals surface area contributed by atoms with Crippen LogP contribution in [-0.2, 0) is 6.54 Å². The molecule has 20 heavy (non-hydrogen) atoms. The van der Waals surface area contributed by atoms with Crippen LogP contribution in [0.5, 0.6) is 0 Å². The van der Waals surface area contributed by atoms with E-state index in [1.807, 2.05) is 0 Å². The lowest BCUT2D eigenvalue weighted by atomic mass is 9.99. The second-order valence-electron chi connectivity index (χ2n) is 6.42. The molecule has 2 nitrogen and oxygen atoms in total. The average Bonchev–Trinajstić information content (AvgIpc) is 2.43. The zero-order valence-electron chi connectivity index (χ0n) is 13.4. The van der Waals surface area contributed by atoms with Gasteiger partial charge in [-0.1, -0.05) is 25.1 Å². The summed E-state index contributed by atoms with van der Waals surface area (Å²) >= 11 is 0. The molecule has 1 aliphatic heterocycles. The quantitative estimate of drug-likeness (QED) is 0.799. The summed E-state index contributed by atoms with van der Waals surface area (Å²) in [5.74, 6) is 0.938. The van der Waals surface area contributed by atoms with Crippen molar-refractivity contribution in [2.24, 2.45) is 5.92 Å². The molecular formula is C18H30N2. The summed E-state index contributed by atoms with van der Waals surface area (Å²) < 4.78 is 0. The van der Waals surface area contributed by atoms with E-state index in [4.69, 9.17) is 0 Å². The van der Waals surface area contributed by atoms with Gasteiger partial charge in [-0.3, -0.25) is 0 Å². The zero-order valence-corrected chi connectivity index (χ0v) is 13.4. The molecule has 0 aromatic heterocycles. The summed E-state index contributed by atoms with van der Waals surface area (Å²) in [6.45, 7) is 12.8. The number of piperidine rings is 1. The van der Waals surface area contributed by atoms with Crippen molar-refractivity contribution < 1.29 is 0 Å². The van der Waals surface area contributed by atoms with E-state index in [2.05, 4.69) is 49.2 Å². The molecule has 0 radical (unpaired) electrons. The summed E-state index contributed by atoms with van der Waals surface area (Å²) in [4.78, 5) is 2.63. The Hall–Kier alpha value is -0.860. The standard InChI is InChI=1S/C18H30N2/c1-15-8-12-20(13-9-15)11-5-10-19-14-18-16(2)6-4-7-17(18)3/h4,6-7,15,19H,5,8-14H2,1-3H3. The minimum atomic E-state index is 0.938. The van der Waals surface area contributed by atoms with Crippen molar-refractivity contribution in [2.45, 2.75) is 46.6 Å². The van der Waals surface area contributed by atoms with Crippen LogP contribution < -0.4 is 5.32 Å². The van der Waals surface area contributed by atoms with Crippen molar-refractivity contribution in [3.8, 4) is 0 Å². The monoisotopic (exact) mass is 274 g/mol. The number of likely N-dealkylation sites (tertiary alicyclic amines) is 1. The highest BCUT2D eigenvalue weighted by Crippen LogP contribution is 2.16. The van der Waals surface area contributed by atoms with Crippen molar-refractivity contribution in [1.82, 2.24) is 10.2 Å². The largest absolute Gasteiger partial charge is 0.313 e. The smallest absolute Gasteiger partial charge is 0.0210 e. The molecule has 2 heteroatoms. The van der Waals surface area contributed by atoms with Gasteiger partial charge in [-0.2, -0.15) is 0 Å². The van der Waals surface area contributed by atoms with Gasteiger partial charge in [0, 0.05) is 6.54 Å². The molecule has 1 N–H and O–H groups in total. The Bertz CT molecular complexity index is 386.